The van der Waals surface area contributed by atoms with E-state index < -0.39 is 17.4 Å². The summed E-state index contributed by atoms with van der Waals surface area (Å²) in [6.45, 7) is 3.54. The lowest BCUT2D eigenvalue weighted by Gasteiger charge is -2.23. The van der Waals surface area contributed by atoms with Crippen LogP contribution in [0.4, 0.5) is 0 Å². The van der Waals surface area contributed by atoms with Crippen LogP contribution in [0.1, 0.15) is 16.7 Å². The smallest absolute Gasteiger partial charge is 0.230 e. The van der Waals surface area contributed by atoms with Crippen molar-refractivity contribution >= 4 is 11.8 Å². The summed E-state index contributed by atoms with van der Waals surface area (Å²) >= 11 is 0. The molecular formula is C24H24N2O3. The van der Waals surface area contributed by atoms with Crippen LogP contribution in [0.15, 0.2) is 66.7 Å². The van der Waals surface area contributed by atoms with Gasteiger partial charge >= 0.3 is 0 Å². The lowest BCUT2D eigenvalue weighted by Crippen LogP contribution is -2.43. The number of amides is 2. The van der Waals surface area contributed by atoms with Gasteiger partial charge in [-0.3, -0.25) is 9.59 Å². The predicted octanol–water partition coefficient (Wildman–Crippen LogP) is 2.59. The van der Waals surface area contributed by atoms with E-state index in [2.05, 4.69) is 17.4 Å². The van der Waals surface area contributed by atoms with Crippen molar-refractivity contribution in [3.63, 3.8) is 0 Å². The van der Waals surface area contributed by atoms with Gasteiger partial charge in [0.2, 0.25) is 11.8 Å². The summed E-state index contributed by atoms with van der Waals surface area (Å²) in [5.41, 5.74) is 2.65. The number of likely N-dealkylation sites (tertiary alicyclic amines) is 1. The van der Waals surface area contributed by atoms with Crippen LogP contribution in [-0.2, 0) is 27.4 Å². The topological polar surface area (TPSA) is 58.6 Å². The first-order valence-electron chi connectivity index (χ1n) is 10.1. The third-order valence-corrected chi connectivity index (χ3v) is 6.29. The molecule has 2 aromatic carbocycles. The molecule has 0 aliphatic carbocycles. The Labute approximate surface area is 170 Å². The van der Waals surface area contributed by atoms with Crippen LogP contribution in [-0.4, -0.2) is 35.0 Å². The van der Waals surface area contributed by atoms with Crippen molar-refractivity contribution in [2.45, 2.75) is 31.7 Å². The van der Waals surface area contributed by atoms with E-state index in [1.165, 1.54) is 5.56 Å². The molecule has 2 bridgehead atoms. The first-order valence-corrected chi connectivity index (χ1v) is 10.1. The first-order chi connectivity index (χ1) is 14.1. The molecule has 1 spiro atoms. The number of nitrogens with one attached hydrogen (secondary N) is 1. The van der Waals surface area contributed by atoms with Crippen molar-refractivity contribution < 1.29 is 14.3 Å². The molecule has 0 saturated carbocycles. The van der Waals surface area contributed by atoms with Crippen molar-refractivity contribution in [3.05, 3.63) is 83.4 Å². The molecule has 5 rings (SSSR count). The molecular weight excluding hydrogens is 364 g/mol. The van der Waals surface area contributed by atoms with E-state index in [9.17, 15) is 9.59 Å². The highest BCUT2D eigenvalue weighted by Crippen LogP contribution is 2.52. The van der Waals surface area contributed by atoms with Gasteiger partial charge in [0.25, 0.3) is 0 Å². The summed E-state index contributed by atoms with van der Waals surface area (Å²) in [4.78, 5) is 28.1. The van der Waals surface area contributed by atoms with Crippen LogP contribution in [0.5, 0.6) is 0 Å². The van der Waals surface area contributed by atoms with Gasteiger partial charge in [0, 0.05) is 13.1 Å². The number of benzene rings is 2. The van der Waals surface area contributed by atoms with Gasteiger partial charge in [0.1, 0.15) is 5.60 Å². The molecule has 3 aliphatic heterocycles. The Balaban J connectivity index is 1.32. The monoisotopic (exact) mass is 388 g/mol. The Morgan fingerprint density at radius 2 is 1.90 bits per heavy atom. The zero-order valence-electron chi connectivity index (χ0n) is 16.4. The lowest BCUT2D eigenvalue weighted by atomic mass is 9.77. The molecule has 3 aliphatic rings. The minimum absolute atomic E-state index is 0.0114. The fourth-order valence-corrected chi connectivity index (χ4v) is 4.83. The minimum atomic E-state index is -0.665. The maximum atomic E-state index is 13.3. The molecule has 5 heteroatoms. The second-order valence-electron chi connectivity index (χ2n) is 8.28. The van der Waals surface area contributed by atoms with Crippen LogP contribution in [0.3, 0.4) is 0 Å². The molecule has 3 heterocycles. The van der Waals surface area contributed by atoms with Crippen LogP contribution >= 0.6 is 0 Å². The molecule has 148 valence electrons. The molecule has 1 N–H and O–H groups in total. The lowest BCUT2D eigenvalue weighted by molar-refractivity contribution is -0.137. The summed E-state index contributed by atoms with van der Waals surface area (Å²) in [5, 5.41) is 3.00. The largest absolute Gasteiger partial charge is 0.360 e. The van der Waals surface area contributed by atoms with E-state index in [1.807, 2.05) is 66.4 Å². The van der Waals surface area contributed by atoms with E-state index in [0.717, 1.165) is 11.1 Å². The molecule has 2 aromatic rings. The quantitative estimate of drug-likeness (QED) is 0.801. The van der Waals surface area contributed by atoms with Gasteiger partial charge in [-0.25, -0.2) is 0 Å². The predicted molar refractivity (Wildman–Crippen MR) is 109 cm³/mol. The number of nitrogens with zero attached hydrogens (tertiary/aromatic N) is 1. The number of hydrogen-bond acceptors (Lipinski definition) is 3. The SMILES string of the molecule is Cc1ccc(CN2C[C@]34C=C[C@H](O3)[C@H](C(=O)NCc3ccccc3)[C@H]4C2=O)cc1. The number of aryl methyl sites for hydroxylation is 1. The number of carbonyl (C=O) groups is 2. The summed E-state index contributed by atoms with van der Waals surface area (Å²) in [7, 11) is 0. The molecule has 4 atom stereocenters. The van der Waals surface area contributed by atoms with Gasteiger partial charge in [-0.1, -0.05) is 72.3 Å². The van der Waals surface area contributed by atoms with Gasteiger partial charge in [-0.2, -0.15) is 0 Å². The number of hydrogen-bond donors (Lipinski definition) is 1. The molecule has 2 fully saturated rings. The van der Waals surface area contributed by atoms with Gasteiger partial charge < -0.3 is 15.0 Å². The van der Waals surface area contributed by atoms with Crippen LogP contribution in [0.2, 0.25) is 0 Å². The number of rotatable bonds is 5. The summed E-state index contributed by atoms with van der Waals surface area (Å²) < 4.78 is 6.19. The van der Waals surface area contributed by atoms with Crippen molar-refractivity contribution in [1.29, 1.82) is 0 Å². The van der Waals surface area contributed by atoms with Gasteiger partial charge in [-0.15, -0.1) is 0 Å². The Kier molecular flexibility index (Phi) is 4.28. The average Bonchev–Trinajstić information content (AvgIpc) is 3.37. The van der Waals surface area contributed by atoms with Crippen LogP contribution < -0.4 is 5.32 Å². The van der Waals surface area contributed by atoms with E-state index in [4.69, 9.17) is 4.74 Å². The molecule has 2 saturated heterocycles. The third-order valence-electron chi connectivity index (χ3n) is 6.29. The van der Waals surface area contributed by atoms with E-state index in [-0.39, 0.29) is 17.9 Å². The Morgan fingerprint density at radius 1 is 1.14 bits per heavy atom. The average molecular weight is 388 g/mol. The highest BCUT2D eigenvalue weighted by molar-refractivity contribution is 5.93. The maximum absolute atomic E-state index is 13.3. The van der Waals surface area contributed by atoms with Gasteiger partial charge in [-0.05, 0) is 18.1 Å². The number of ether oxygens (including phenoxy) is 1. The molecule has 0 aromatic heterocycles. The molecule has 0 unspecified atom stereocenters. The van der Waals surface area contributed by atoms with Crippen molar-refractivity contribution in [1.82, 2.24) is 10.2 Å². The summed E-state index contributed by atoms with van der Waals surface area (Å²) in [6.07, 6.45) is 3.63. The van der Waals surface area contributed by atoms with Crippen molar-refractivity contribution in [3.8, 4) is 0 Å². The second kappa shape index (κ2) is 6.85. The highest BCUT2D eigenvalue weighted by Gasteiger charge is 2.66. The highest BCUT2D eigenvalue weighted by atomic mass is 16.5. The van der Waals surface area contributed by atoms with E-state index >= 15 is 0 Å². The zero-order valence-corrected chi connectivity index (χ0v) is 16.4. The Morgan fingerprint density at radius 3 is 2.66 bits per heavy atom. The van der Waals surface area contributed by atoms with Gasteiger partial charge in [0.05, 0.1) is 24.5 Å². The van der Waals surface area contributed by atoms with E-state index in [0.29, 0.717) is 19.6 Å². The molecule has 0 radical (unpaired) electrons. The zero-order chi connectivity index (χ0) is 20.0. The minimum Gasteiger partial charge on any atom is -0.360 e. The maximum Gasteiger partial charge on any atom is 0.230 e. The number of fused-ring (bicyclic) bond motifs is 1. The summed E-state index contributed by atoms with van der Waals surface area (Å²) in [6, 6.07) is 18.0. The normalized spacial score (nSPS) is 29.3. The Hall–Kier alpha value is -2.92. The first kappa shape index (κ1) is 18.1. The van der Waals surface area contributed by atoms with Crippen molar-refractivity contribution in [2.24, 2.45) is 11.8 Å². The van der Waals surface area contributed by atoms with Crippen LogP contribution in [0, 0.1) is 18.8 Å². The third kappa shape index (κ3) is 3.06. The molecule has 2 amide bonds. The standard InChI is InChI=1S/C24H24N2O3/c1-16-7-9-18(10-8-16)14-26-15-24-12-11-19(29-24)20(21(24)23(26)28)22(27)25-13-17-5-3-2-4-6-17/h2-12,19-21H,13-15H2,1H3,(H,25,27)/t19-,20-,21-,24-/m0/s1. The summed E-state index contributed by atoms with van der Waals surface area (Å²) in [5.74, 6) is -1.02. The Bertz CT molecular complexity index is 969. The van der Waals surface area contributed by atoms with E-state index in [1.54, 1.807) is 0 Å². The van der Waals surface area contributed by atoms with Crippen LogP contribution in [0.25, 0.3) is 0 Å². The fourth-order valence-electron chi connectivity index (χ4n) is 4.83. The van der Waals surface area contributed by atoms with Crippen molar-refractivity contribution in [2.75, 3.05) is 6.54 Å². The van der Waals surface area contributed by atoms with Gasteiger partial charge in [0.15, 0.2) is 0 Å². The number of carbonyl (C=O) groups excluding carboxylic acids is 2. The molecule has 5 nitrogen and oxygen atoms in total. The second-order valence-corrected chi connectivity index (χ2v) is 8.28. The molecule has 29 heavy (non-hydrogen) atoms. The fraction of sp³-hybridized carbons (Fsp3) is 0.333.